The molecule has 0 aromatic carbocycles. The van der Waals surface area contributed by atoms with Gasteiger partial charge in [-0.05, 0) is 19.8 Å². The molecule has 0 amide bonds. The maximum Gasteiger partial charge on any atom is 0.315 e. The van der Waals surface area contributed by atoms with Crippen molar-refractivity contribution in [1.29, 1.82) is 0 Å². The SMILES string of the molecule is COC(=O)C(C)C(=O)C1CCCOC1. The summed E-state index contributed by atoms with van der Waals surface area (Å²) in [6, 6.07) is 0. The van der Waals surface area contributed by atoms with E-state index >= 15 is 0 Å². The van der Waals surface area contributed by atoms with Crippen LogP contribution in [-0.2, 0) is 19.1 Å². The second-order valence-corrected chi connectivity index (χ2v) is 3.56. The van der Waals surface area contributed by atoms with Gasteiger partial charge in [-0.2, -0.15) is 0 Å². The molecule has 0 N–H and O–H groups in total. The zero-order chi connectivity index (χ0) is 10.6. The highest BCUT2D eigenvalue weighted by molar-refractivity contribution is 5.99. The van der Waals surface area contributed by atoms with Gasteiger partial charge in [-0.15, -0.1) is 0 Å². The number of ether oxygens (including phenoxy) is 2. The van der Waals surface area contributed by atoms with E-state index in [2.05, 4.69) is 4.74 Å². The highest BCUT2D eigenvalue weighted by Gasteiger charge is 2.30. The second-order valence-electron chi connectivity index (χ2n) is 3.56. The Balaban J connectivity index is 2.50. The van der Waals surface area contributed by atoms with Crippen LogP contribution in [0.1, 0.15) is 19.8 Å². The Labute approximate surface area is 83.6 Å². The van der Waals surface area contributed by atoms with Crippen LogP contribution in [0.2, 0.25) is 0 Å². The topological polar surface area (TPSA) is 52.6 Å². The lowest BCUT2D eigenvalue weighted by atomic mass is 9.90. The van der Waals surface area contributed by atoms with Gasteiger partial charge in [0, 0.05) is 12.5 Å². The van der Waals surface area contributed by atoms with Gasteiger partial charge in [-0.3, -0.25) is 9.59 Å². The zero-order valence-electron chi connectivity index (χ0n) is 8.62. The van der Waals surface area contributed by atoms with Crippen molar-refractivity contribution in [2.24, 2.45) is 11.8 Å². The third-order valence-electron chi connectivity index (χ3n) is 2.54. The van der Waals surface area contributed by atoms with Crippen LogP contribution in [-0.4, -0.2) is 32.1 Å². The van der Waals surface area contributed by atoms with Gasteiger partial charge in [-0.25, -0.2) is 0 Å². The van der Waals surface area contributed by atoms with Crippen molar-refractivity contribution in [3.05, 3.63) is 0 Å². The van der Waals surface area contributed by atoms with Crippen LogP contribution in [0.15, 0.2) is 0 Å². The molecule has 0 aromatic rings. The highest BCUT2D eigenvalue weighted by Crippen LogP contribution is 2.18. The van der Waals surface area contributed by atoms with Crippen LogP contribution in [0.25, 0.3) is 0 Å². The standard InChI is InChI=1S/C10H16O4/c1-7(10(12)13-2)9(11)8-4-3-5-14-6-8/h7-8H,3-6H2,1-2H3. The molecule has 0 radical (unpaired) electrons. The lowest BCUT2D eigenvalue weighted by molar-refractivity contribution is -0.150. The largest absolute Gasteiger partial charge is 0.468 e. The molecule has 1 fully saturated rings. The number of hydrogen-bond donors (Lipinski definition) is 0. The number of carbonyl (C=O) groups excluding carboxylic acids is 2. The van der Waals surface area contributed by atoms with Gasteiger partial charge in [0.05, 0.1) is 13.7 Å². The Morgan fingerprint density at radius 2 is 2.21 bits per heavy atom. The minimum atomic E-state index is -0.660. The first-order valence-corrected chi connectivity index (χ1v) is 4.86. The van der Waals surface area contributed by atoms with E-state index in [1.54, 1.807) is 6.92 Å². The molecule has 2 atom stereocenters. The first-order chi connectivity index (χ1) is 6.66. The molecule has 4 heteroatoms. The van der Waals surface area contributed by atoms with E-state index in [1.807, 2.05) is 0 Å². The van der Waals surface area contributed by atoms with Crippen molar-refractivity contribution in [2.75, 3.05) is 20.3 Å². The van der Waals surface area contributed by atoms with Gasteiger partial charge in [0.1, 0.15) is 5.92 Å². The van der Waals surface area contributed by atoms with E-state index in [0.717, 1.165) is 19.4 Å². The molecule has 1 rings (SSSR count). The van der Waals surface area contributed by atoms with E-state index < -0.39 is 11.9 Å². The molecule has 1 aliphatic rings. The summed E-state index contributed by atoms with van der Waals surface area (Å²) >= 11 is 0. The number of rotatable bonds is 3. The third-order valence-corrected chi connectivity index (χ3v) is 2.54. The van der Waals surface area contributed by atoms with Crippen LogP contribution in [0.4, 0.5) is 0 Å². The van der Waals surface area contributed by atoms with Crippen LogP contribution < -0.4 is 0 Å². The predicted octanol–water partition coefficient (Wildman–Crippen LogP) is 0.791. The Morgan fingerprint density at radius 1 is 1.50 bits per heavy atom. The number of esters is 1. The fraction of sp³-hybridized carbons (Fsp3) is 0.800. The minimum absolute atomic E-state index is 0.0587. The van der Waals surface area contributed by atoms with Crippen molar-refractivity contribution in [2.45, 2.75) is 19.8 Å². The molecule has 1 heterocycles. The Hall–Kier alpha value is -0.900. The zero-order valence-corrected chi connectivity index (χ0v) is 8.62. The van der Waals surface area contributed by atoms with E-state index in [1.165, 1.54) is 7.11 Å². The van der Waals surface area contributed by atoms with Crippen molar-refractivity contribution < 1.29 is 19.1 Å². The first-order valence-electron chi connectivity index (χ1n) is 4.86. The first kappa shape index (κ1) is 11.2. The minimum Gasteiger partial charge on any atom is -0.468 e. The monoisotopic (exact) mass is 200 g/mol. The summed E-state index contributed by atoms with van der Waals surface area (Å²) in [7, 11) is 1.30. The summed E-state index contributed by atoms with van der Waals surface area (Å²) in [4.78, 5) is 22.8. The van der Waals surface area contributed by atoms with Gasteiger partial charge < -0.3 is 9.47 Å². The molecule has 80 valence electrons. The van der Waals surface area contributed by atoms with Gasteiger partial charge in [-0.1, -0.05) is 0 Å². The molecule has 14 heavy (non-hydrogen) atoms. The number of carbonyl (C=O) groups is 2. The summed E-state index contributed by atoms with van der Waals surface area (Å²) in [5.74, 6) is -1.30. The Kier molecular flexibility index (Phi) is 4.07. The Bertz CT molecular complexity index is 218. The summed E-state index contributed by atoms with van der Waals surface area (Å²) in [6.45, 7) is 2.75. The molecule has 2 unspecified atom stereocenters. The summed E-state index contributed by atoms with van der Waals surface area (Å²) in [6.07, 6.45) is 1.71. The molecule has 0 saturated carbocycles. The average Bonchev–Trinajstić information content (AvgIpc) is 2.27. The highest BCUT2D eigenvalue weighted by atomic mass is 16.5. The van der Waals surface area contributed by atoms with Gasteiger partial charge in [0.2, 0.25) is 0 Å². The van der Waals surface area contributed by atoms with Gasteiger partial charge in [0.15, 0.2) is 5.78 Å². The summed E-state index contributed by atoms with van der Waals surface area (Å²) in [5.41, 5.74) is 0. The normalized spacial score (nSPS) is 24.0. The smallest absolute Gasteiger partial charge is 0.315 e. The molecule has 0 bridgehead atoms. The van der Waals surface area contributed by atoms with Crippen molar-refractivity contribution in [1.82, 2.24) is 0 Å². The average molecular weight is 200 g/mol. The van der Waals surface area contributed by atoms with E-state index in [4.69, 9.17) is 4.74 Å². The molecular formula is C10H16O4. The van der Waals surface area contributed by atoms with Crippen LogP contribution >= 0.6 is 0 Å². The third kappa shape index (κ3) is 2.54. The maximum atomic E-state index is 11.7. The molecule has 0 aromatic heterocycles. The van der Waals surface area contributed by atoms with Crippen LogP contribution in [0.5, 0.6) is 0 Å². The Morgan fingerprint density at radius 3 is 2.71 bits per heavy atom. The van der Waals surface area contributed by atoms with Gasteiger partial charge in [0.25, 0.3) is 0 Å². The van der Waals surface area contributed by atoms with E-state index in [-0.39, 0.29) is 11.7 Å². The quantitative estimate of drug-likeness (QED) is 0.499. The summed E-state index contributed by atoms with van der Waals surface area (Å²) < 4.78 is 9.72. The van der Waals surface area contributed by atoms with Crippen molar-refractivity contribution in [3.63, 3.8) is 0 Å². The number of methoxy groups -OCH3 is 1. The lowest BCUT2D eigenvalue weighted by Crippen LogP contribution is -2.33. The molecule has 4 nitrogen and oxygen atoms in total. The second kappa shape index (κ2) is 5.10. The fourth-order valence-corrected chi connectivity index (χ4v) is 1.61. The summed E-state index contributed by atoms with van der Waals surface area (Å²) in [5, 5.41) is 0. The maximum absolute atomic E-state index is 11.7. The van der Waals surface area contributed by atoms with Crippen molar-refractivity contribution >= 4 is 11.8 Å². The fourth-order valence-electron chi connectivity index (χ4n) is 1.61. The lowest BCUT2D eigenvalue weighted by Gasteiger charge is -2.22. The van der Waals surface area contributed by atoms with Crippen LogP contribution in [0, 0.1) is 11.8 Å². The number of hydrogen-bond acceptors (Lipinski definition) is 4. The molecular weight excluding hydrogens is 184 g/mol. The predicted molar refractivity (Wildman–Crippen MR) is 49.7 cm³/mol. The molecule has 1 saturated heterocycles. The van der Waals surface area contributed by atoms with Crippen molar-refractivity contribution in [3.8, 4) is 0 Å². The molecule has 1 aliphatic heterocycles. The van der Waals surface area contributed by atoms with E-state index in [9.17, 15) is 9.59 Å². The van der Waals surface area contributed by atoms with E-state index in [0.29, 0.717) is 6.61 Å². The molecule has 0 spiro atoms. The van der Waals surface area contributed by atoms with Gasteiger partial charge >= 0.3 is 5.97 Å². The number of ketones is 1. The van der Waals surface area contributed by atoms with Crippen LogP contribution in [0.3, 0.4) is 0 Å². The molecule has 0 aliphatic carbocycles. The number of Topliss-reactive ketones (excluding diaryl/α,β-unsaturated/α-hetero) is 1.